The van der Waals surface area contributed by atoms with Gasteiger partial charge in [0.1, 0.15) is 11.3 Å². The molecule has 0 aliphatic carbocycles. The van der Waals surface area contributed by atoms with Gasteiger partial charge in [0, 0.05) is 21.7 Å². The average molecular weight is 330 g/mol. The third-order valence-corrected chi connectivity index (χ3v) is 4.07. The molecule has 0 atom stereocenters. The highest BCUT2D eigenvalue weighted by atomic mass is 35.5. The Kier molecular flexibility index (Phi) is 4.26. The number of nitrogens with one attached hydrogen (secondary N) is 1. The number of fused-ring (bicyclic) bond motifs is 1. The highest BCUT2D eigenvalue weighted by Gasteiger charge is 2.12. The van der Waals surface area contributed by atoms with Gasteiger partial charge in [0.25, 0.3) is 0 Å². The molecule has 0 saturated heterocycles. The number of rotatable bonds is 4. The summed E-state index contributed by atoms with van der Waals surface area (Å²) in [5, 5.41) is 4.35. The zero-order valence-electron chi connectivity index (χ0n) is 12.9. The maximum Gasteiger partial charge on any atom is 0.228 e. The van der Waals surface area contributed by atoms with E-state index in [1.54, 1.807) is 19.4 Å². The van der Waals surface area contributed by atoms with Gasteiger partial charge in [0.2, 0.25) is 5.91 Å². The van der Waals surface area contributed by atoms with E-state index < -0.39 is 0 Å². The summed E-state index contributed by atoms with van der Waals surface area (Å²) in [6.45, 7) is 1.92. The first-order valence-electron chi connectivity index (χ1n) is 7.17. The van der Waals surface area contributed by atoms with Gasteiger partial charge < -0.3 is 14.5 Å². The lowest BCUT2D eigenvalue weighted by molar-refractivity contribution is -0.115. The van der Waals surface area contributed by atoms with E-state index in [2.05, 4.69) is 5.32 Å². The van der Waals surface area contributed by atoms with Crippen LogP contribution >= 0.6 is 11.6 Å². The molecule has 0 aliphatic rings. The molecule has 0 aliphatic heterocycles. The summed E-state index contributed by atoms with van der Waals surface area (Å²) in [5.41, 5.74) is 3.19. The summed E-state index contributed by atoms with van der Waals surface area (Å²) in [6.07, 6.45) is 1.82. The van der Waals surface area contributed by atoms with Crippen molar-refractivity contribution in [1.82, 2.24) is 0 Å². The SMILES string of the molecule is COc1ccc2occ(CC(=O)Nc3ccc(C)c(Cl)c3)c2c1. The summed E-state index contributed by atoms with van der Waals surface area (Å²) in [7, 11) is 1.61. The van der Waals surface area contributed by atoms with E-state index in [0.717, 1.165) is 27.8 Å². The lowest BCUT2D eigenvalue weighted by Gasteiger charge is -2.06. The normalized spacial score (nSPS) is 10.7. The first kappa shape index (κ1) is 15.4. The number of hydrogen-bond acceptors (Lipinski definition) is 3. The number of hydrogen-bond donors (Lipinski definition) is 1. The number of amides is 1. The Labute approximate surface area is 139 Å². The van der Waals surface area contributed by atoms with Crippen molar-refractivity contribution < 1.29 is 13.9 Å². The van der Waals surface area contributed by atoms with Crippen molar-refractivity contribution >= 4 is 34.2 Å². The summed E-state index contributed by atoms with van der Waals surface area (Å²) < 4.78 is 10.7. The van der Waals surface area contributed by atoms with E-state index >= 15 is 0 Å². The van der Waals surface area contributed by atoms with Gasteiger partial charge in [-0.25, -0.2) is 0 Å². The van der Waals surface area contributed by atoms with Crippen molar-refractivity contribution in [2.24, 2.45) is 0 Å². The Bertz CT molecular complexity index is 870. The minimum atomic E-state index is -0.129. The molecule has 1 aromatic heterocycles. The molecular formula is C18H16ClNO3. The highest BCUT2D eigenvalue weighted by molar-refractivity contribution is 6.31. The van der Waals surface area contributed by atoms with Crippen LogP contribution in [0.2, 0.25) is 5.02 Å². The van der Waals surface area contributed by atoms with Crippen molar-refractivity contribution in [2.75, 3.05) is 12.4 Å². The summed E-state index contributed by atoms with van der Waals surface area (Å²) in [4.78, 5) is 12.2. The molecule has 0 radical (unpaired) electrons. The predicted octanol–water partition coefficient (Wildman–Crippen LogP) is 4.58. The minimum Gasteiger partial charge on any atom is -0.497 e. The zero-order valence-corrected chi connectivity index (χ0v) is 13.6. The second-order valence-electron chi connectivity index (χ2n) is 5.31. The monoisotopic (exact) mass is 329 g/mol. The number of ether oxygens (including phenoxy) is 1. The van der Waals surface area contributed by atoms with Crippen LogP contribution in [0.15, 0.2) is 47.1 Å². The Balaban J connectivity index is 1.78. The molecule has 3 aromatic rings. The van der Waals surface area contributed by atoms with Crippen molar-refractivity contribution in [3.05, 3.63) is 58.8 Å². The second kappa shape index (κ2) is 6.34. The van der Waals surface area contributed by atoms with Crippen LogP contribution in [-0.2, 0) is 11.2 Å². The number of halogens is 1. The van der Waals surface area contributed by atoms with E-state index in [-0.39, 0.29) is 12.3 Å². The molecule has 0 saturated carbocycles. The predicted molar refractivity (Wildman–Crippen MR) is 91.3 cm³/mol. The lowest BCUT2D eigenvalue weighted by Crippen LogP contribution is -2.14. The van der Waals surface area contributed by atoms with Crippen molar-refractivity contribution in [2.45, 2.75) is 13.3 Å². The van der Waals surface area contributed by atoms with Gasteiger partial charge in [-0.05, 0) is 42.8 Å². The highest BCUT2D eigenvalue weighted by Crippen LogP contribution is 2.26. The topological polar surface area (TPSA) is 51.5 Å². The Morgan fingerprint density at radius 2 is 2.09 bits per heavy atom. The van der Waals surface area contributed by atoms with Gasteiger partial charge >= 0.3 is 0 Å². The fourth-order valence-corrected chi connectivity index (χ4v) is 2.55. The van der Waals surface area contributed by atoms with Crippen LogP contribution in [0, 0.1) is 6.92 Å². The number of anilines is 1. The molecule has 5 heteroatoms. The molecule has 0 fully saturated rings. The van der Waals surface area contributed by atoms with Gasteiger partial charge in [-0.1, -0.05) is 17.7 Å². The van der Waals surface area contributed by atoms with Crippen LogP contribution < -0.4 is 10.1 Å². The largest absolute Gasteiger partial charge is 0.497 e. The molecule has 2 aromatic carbocycles. The van der Waals surface area contributed by atoms with Crippen LogP contribution in [0.1, 0.15) is 11.1 Å². The molecule has 118 valence electrons. The van der Waals surface area contributed by atoms with Crippen LogP contribution in [0.25, 0.3) is 11.0 Å². The molecular weight excluding hydrogens is 314 g/mol. The third-order valence-electron chi connectivity index (χ3n) is 3.67. The summed E-state index contributed by atoms with van der Waals surface area (Å²) in [5.74, 6) is 0.598. The molecule has 4 nitrogen and oxygen atoms in total. The van der Waals surface area contributed by atoms with Gasteiger partial charge in [-0.3, -0.25) is 4.79 Å². The van der Waals surface area contributed by atoms with Crippen molar-refractivity contribution in [3.63, 3.8) is 0 Å². The number of benzene rings is 2. The van der Waals surface area contributed by atoms with E-state index in [1.807, 2.05) is 37.3 Å². The van der Waals surface area contributed by atoms with E-state index in [9.17, 15) is 4.79 Å². The molecule has 3 rings (SSSR count). The second-order valence-corrected chi connectivity index (χ2v) is 5.72. The van der Waals surface area contributed by atoms with Crippen LogP contribution in [-0.4, -0.2) is 13.0 Å². The quantitative estimate of drug-likeness (QED) is 0.762. The fourth-order valence-electron chi connectivity index (χ4n) is 2.37. The van der Waals surface area contributed by atoms with E-state index in [4.69, 9.17) is 20.8 Å². The molecule has 1 N–H and O–H groups in total. The smallest absolute Gasteiger partial charge is 0.228 e. The number of furan rings is 1. The Hall–Kier alpha value is -2.46. The fraction of sp³-hybridized carbons (Fsp3) is 0.167. The number of carbonyl (C=O) groups excluding carboxylic acids is 1. The zero-order chi connectivity index (χ0) is 16.4. The molecule has 23 heavy (non-hydrogen) atoms. The van der Waals surface area contributed by atoms with Crippen LogP contribution in [0.3, 0.4) is 0 Å². The molecule has 0 unspecified atom stereocenters. The molecule has 0 bridgehead atoms. The van der Waals surface area contributed by atoms with Gasteiger partial charge in [0.15, 0.2) is 0 Å². The maximum atomic E-state index is 12.2. The van der Waals surface area contributed by atoms with Gasteiger partial charge in [-0.15, -0.1) is 0 Å². The molecule has 1 amide bonds. The number of carbonyl (C=O) groups is 1. The summed E-state index contributed by atoms with van der Waals surface area (Å²) >= 11 is 6.07. The van der Waals surface area contributed by atoms with Crippen molar-refractivity contribution in [3.8, 4) is 5.75 Å². The number of aryl methyl sites for hydroxylation is 1. The van der Waals surface area contributed by atoms with Crippen LogP contribution in [0.5, 0.6) is 5.75 Å². The van der Waals surface area contributed by atoms with Crippen LogP contribution in [0.4, 0.5) is 5.69 Å². The van der Waals surface area contributed by atoms with Gasteiger partial charge in [0.05, 0.1) is 19.8 Å². The van der Waals surface area contributed by atoms with Crippen molar-refractivity contribution in [1.29, 1.82) is 0 Å². The summed E-state index contributed by atoms with van der Waals surface area (Å²) in [6, 6.07) is 11.0. The standard InChI is InChI=1S/C18H16ClNO3/c1-11-3-4-13(8-16(11)19)20-18(21)7-12-10-23-17-6-5-14(22-2)9-15(12)17/h3-6,8-10H,7H2,1-2H3,(H,20,21). The minimum absolute atomic E-state index is 0.129. The Morgan fingerprint density at radius 3 is 2.83 bits per heavy atom. The Morgan fingerprint density at radius 1 is 1.26 bits per heavy atom. The third kappa shape index (κ3) is 3.32. The first-order valence-corrected chi connectivity index (χ1v) is 7.55. The first-order chi connectivity index (χ1) is 11.1. The van der Waals surface area contributed by atoms with E-state index in [0.29, 0.717) is 10.7 Å². The van der Waals surface area contributed by atoms with E-state index in [1.165, 1.54) is 0 Å². The average Bonchev–Trinajstić information content (AvgIpc) is 2.93. The molecule has 1 heterocycles. The molecule has 0 spiro atoms. The number of methoxy groups -OCH3 is 1. The lowest BCUT2D eigenvalue weighted by atomic mass is 10.1. The maximum absolute atomic E-state index is 12.2. The van der Waals surface area contributed by atoms with Gasteiger partial charge in [-0.2, -0.15) is 0 Å².